The number of likely N-dealkylation sites (tertiary alicyclic amines) is 1. The Morgan fingerprint density at radius 3 is 1.38 bits per heavy atom. The van der Waals surface area contributed by atoms with E-state index in [9.17, 15) is 34.2 Å². The van der Waals surface area contributed by atoms with Gasteiger partial charge in [0.05, 0.1) is 38.9 Å². The molecule has 2 aliphatic heterocycles. The van der Waals surface area contributed by atoms with Gasteiger partial charge in [0.2, 0.25) is 70.9 Å². The third-order valence-electron chi connectivity index (χ3n) is 21.1. The molecule has 27 nitrogen and oxygen atoms in total. The second-order valence-electron chi connectivity index (χ2n) is 33.2. The number of ether oxygens (including phenoxy) is 1. The Morgan fingerprint density at radius 2 is 0.893 bits per heavy atom. The van der Waals surface area contributed by atoms with Crippen LogP contribution in [0.15, 0.2) is 0 Å². The minimum atomic E-state index is -1.65. The molecular weight excluding hydrogens is 1320 g/mol. The predicted molar refractivity (Wildman–Crippen MR) is 394 cm³/mol. The van der Waals surface area contributed by atoms with Crippen LogP contribution >= 0.6 is 0 Å². The molecule has 0 radical (unpaired) electrons. The van der Waals surface area contributed by atoms with Crippen molar-refractivity contribution >= 4 is 70.9 Å². The first-order valence-electron chi connectivity index (χ1n) is 38.4. The number of amides is 12. The summed E-state index contributed by atoms with van der Waals surface area (Å²) < 4.78 is 6.14. The van der Waals surface area contributed by atoms with Crippen LogP contribution in [0, 0.1) is 46.8 Å². The first-order chi connectivity index (χ1) is 48.2. The maximum atomic E-state index is 15.7. The summed E-state index contributed by atoms with van der Waals surface area (Å²) in [5.41, 5.74) is -0.788. The molecule has 588 valence electrons. The molecule has 4 aliphatic rings. The Morgan fingerprint density at radius 1 is 0.476 bits per heavy atom. The van der Waals surface area contributed by atoms with Gasteiger partial charge in [-0.3, -0.25) is 57.5 Å². The molecule has 0 aromatic rings. The summed E-state index contributed by atoms with van der Waals surface area (Å²) in [5.74, 6) is -9.87. The monoisotopic (exact) mass is 1460 g/mol. The van der Waals surface area contributed by atoms with Crippen LogP contribution in [0.3, 0.4) is 0 Å². The maximum absolute atomic E-state index is 15.7. The highest BCUT2D eigenvalue weighted by Crippen LogP contribution is 2.32. The van der Waals surface area contributed by atoms with Crippen molar-refractivity contribution in [3.05, 3.63) is 0 Å². The molecule has 11 atom stereocenters. The van der Waals surface area contributed by atoms with Crippen LogP contribution in [0.25, 0.3) is 0 Å². The Bertz CT molecular complexity index is 2820. The molecule has 0 unspecified atom stereocenters. The number of hydrogen-bond acceptors (Lipinski definition) is 15. The first-order valence-corrected chi connectivity index (χ1v) is 38.4. The van der Waals surface area contributed by atoms with Gasteiger partial charge in [-0.25, -0.2) is 0 Å². The molecule has 0 aromatic carbocycles. The van der Waals surface area contributed by atoms with Crippen molar-refractivity contribution in [2.45, 2.75) is 285 Å². The standard InChI is InChI=1S/C76H134N12O15/c1-46(2)35-54-70(97)84(16)59(38-49(7)8)69(96)81-65(51(11)90)74(101)82(14)42-63(92)83(15)57(36-47(3)4)66(93)79-56(43-103-45-76(12,13)44-89)71(98)87(19)61(40-53-31-25-21-26-32-53)73(100)85(17)58(37-48(5)6)67(94)78-55(72(99)88-33-27-22-28-34-88)41-62(91)80-64(50(9)10)75(102)86(18)60(68(95)77-54)39-52-29-23-20-24-30-52/h46-61,64-65,89-90H,20-45H2,1-19H3,(H,77,95)(H,78,94)(H,79,93)(H,80,91)(H,81,96)/t51-,54+,55+,56+,57+,58+,59+,60+,61+,64-,65+/m1/s1. The van der Waals surface area contributed by atoms with E-state index in [4.69, 9.17) is 4.74 Å². The van der Waals surface area contributed by atoms with E-state index >= 15 is 33.6 Å². The first kappa shape index (κ1) is 88.9. The summed E-state index contributed by atoms with van der Waals surface area (Å²) in [7, 11) is 8.53. The fourth-order valence-electron chi connectivity index (χ4n) is 14.6. The largest absolute Gasteiger partial charge is 0.396 e. The van der Waals surface area contributed by atoms with Crippen LogP contribution in [0.4, 0.5) is 0 Å². The molecule has 0 bridgehead atoms. The Kier molecular flexibility index (Phi) is 36.3. The van der Waals surface area contributed by atoms with Crippen molar-refractivity contribution in [3.63, 3.8) is 0 Å². The summed E-state index contributed by atoms with van der Waals surface area (Å²) in [5, 5.41) is 35.8. The van der Waals surface area contributed by atoms with Gasteiger partial charge in [-0.05, 0) is 106 Å². The third-order valence-corrected chi connectivity index (χ3v) is 21.1. The predicted octanol–water partition coefficient (Wildman–Crippen LogP) is 4.62. The maximum Gasteiger partial charge on any atom is 0.248 e. The van der Waals surface area contributed by atoms with Gasteiger partial charge >= 0.3 is 0 Å². The van der Waals surface area contributed by atoms with Gasteiger partial charge in [0.1, 0.15) is 60.4 Å². The van der Waals surface area contributed by atoms with Crippen LogP contribution in [0.5, 0.6) is 0 Å². The quantitative estimate of drug-likeness (QED) is 0.0875. The van der Waals surface area contributed by atoms with Crippen molar-refractivity contribution in [1.29, 1.82) is 0 Å². The molecule has 2 aliphatic carbocycles. The average molecular weight is 1460 g/mol. The van der Waals surface area contributed by atoms with E-state index in [-0.39, 0.29) is 87.2 Å². The minimum absolute atomic E-state index is 0.0172. The van der Waals surface area contributed by atoms with Crippen LogP contribution in [-0.2, 0) is 62.3 Å². The zero-order valence-electron chi connectivity index (χ0n) is 66.1. The lowest BCUT2D eigenvalue weighted by Gasteiger charge is -2.39. The van der Waals surface area contributed by atoms with E-state index in [1.807, 2.05) is 55.4 Å². The van der Waals surface area contributed by atoms with Gasteiger partial charge in [-0.15, -0.1) is 0 Å². The molecule has 7 N–H and O–H groups in total. The molecule has 2 saturated carbocycles. The van der Waals surface area contributed by atoms with Gasteiger partial charge in [0, 0.05) is 60.8 Å². The van der Waals surface area contributed by atoms with Crippen molar-refractivity contribution in [2.75, 3.05) is 81.7 Å². The minimum Gasteiger partial charge on any atom is -0.396 e. The molecule has 0 aromatic heterocycles. The second kappa shape index (κ2) is 42.0. The van der Waals surface area contributed by atoms with Crippen molar-refractivity contribution in [1.82, 2.24) is 60.9 Å². The van der Waals surface area contributed by atoms with E-state index in [2.05, 4.69) is 26.6 Å². The highest BCUT2D eigenvalue weighted by atomic mass is 16.5. The summed E-state index contributed by atoms with van der Waals surface area (Å²) in [6.45, 7) is 22.4. The zero-order valence-corrected chi connectivity index (χ0v) is 66.1. The number of nitrogens with one attached hydrogen (secondary N) is 5. The molecule has 4 rings (SSSR count). The van der Waals surface area contributed by atoms with E-state index in [1.54, 1.807) is 32.6 Å². The number of likely N-dealkylation sites (N-methyl/N-ethyl adjacent to an activating group) is 6. The van der Waals surface area contributed by atoms with Gasteiger partial charge in [-0.1, -0.05) is 147 Å². The highest BCUT2D eigenvalue weighted by Gasteiger charge is 2.45. The van der Waals surface area contributed by atoms with Crippen LogP contribution in [0.1, 0.15) is 218 Å². The molecule has 2 heterocycles. The van der Waals surface area contributed by atoms with Crippen molar-refractivity contribution in [3.8, 4) is 0 Å². The van der Waals surface area contributed by atoms with Crippen molar-refractivity contribution in [2.24, 2.45) is 46.8 Å². The number of piperidine rings is 1. The van der Waals surface area contributed by atoms with Crippen molar-refractivity contribution < 1.29 is 72.5 Å². The van der Waals surface area contributed by atoms with E-state index in [0.717, 1.165) is 80.4 Å². The van der Waals surface area contributed by atoms with Crippen LogP contribution < -0.4 is 26.6 Å². The normalized spacial score (nSPS) is 27.0. The fourth-order valence-corrected chi connectivity index (χ4v) is 14.6. The molecule has 103 heavy (non-hydrogen) atoms. The number of carbonyl (C=O) groups is 12. The molecule has 4 fully saturated rings. The summed E-state index contributed by atoms with van der Waals surface area (Å²) >= 11 is 0. The fraction of sp³-hybridized carbons (Fsp3) is 0.842. The van der Waals surface area contributed by atoms with Gasteiger partial charge < -0.3 is 75.8 Å². The zero-order chi connectivity index (χ0) is 77.5. The highest BCUT2D eigenvalue weighted by molar-refractivity contribution is 6.00. The summed E-state index contributed by atoms with van der Waals surface area (Å²) in [6.07, 6.45) is 9.50. The van der Waals surface area contributed by atoms with Crippen LogP contribution in [-0.4, -0.2) is 264 Å². The Labute approximate surface area is 615 Å². The number of carbonyl (C=O) groups excluding carboxylic acids is 12. The smallest absolute Gasteiger partial charge is 0.248 e. The van der Waals surface area contributed by atoms with Gasteiger partial charge in [0.25, 0.3) is 0 Å². The molecule has 12 amide bonds. The van der Waals surface area contributed by atoms with E-state index in [1.165, 1.54) is 68.8 Å². The summed E-state index contributed by atoms with van der Waals surface area (Å²) in [6, 6.07) is -13.3. The number of rotatable bonds is 20. The molecule has 0 spiro atoms. The topological polar surface area (TPSA) is 337 Å². The average Bonchev–Trinajstić information content (AvgIpc) is 0.817. The van der Waals surface area contributed by atoms with E-state index in [0.29, 0.717) is 25.9 Å². The number of aliphatic hydroxyl groups is 2. The van der Waals surface area contributed by atoms with Gasteiger partial charge in [0.15, 0.2) is 0 Å². The third kappa shape index (κ3) is 27.1. The number of aliphatic hydroxyl groups excluding tert-OH is 2. The van der Waals surface area contributed by atoms with Crippen LogP contribution in [0.2, 0.25) is 0 Å². The molecular formula is C76H134N12O15. The SMILES string of the molecule is CC(C)C[C@@H]1NC(=O)[C@H](CC2CCCCC2)N(C)C(=O)[C@@H](C(C)C)NC(=O)C[C@@H](C(=O)N2CCCCC2)NC(=O)[C@H](CC(C)C)N(C)C(=O)[C@H](CC2CCCCC2)N(C)C(=O)[C@H](COCC(C)(C)CO)NC(=O)[C@H](CC(C)C)N(C)C(=O)CN(C)C(=O)[C@H]([C@@H](C)O)NC(=O)[C@H](CC(C)C)N(C)C1=O. The lowest BCUT2D eigenvalue weighted by Crippen LogP contribution is -2.62. The van der Waals surface area contributed by atoms with Gasteiger partial charge in [-0.2, -0.15) is 0 Å². The number of hydrogen-bond donors (Lipinski definition) is 7. The molecule has 27 heteroatoms. The van der Waals surface area contributed by atoms with E-state index < -0.39 is 168 Å². The second-order valence-corrected chi connectivity index (χ2v) is 33.2. The molecule has 2 saturated heterocycles. The number of nitrogens with zero attached hydrogens (tertiary/aromatic N) is 7. The Hall–Kier alpha value is -6.48. The lowest BCUT2D eigenvalue weighted by atomic mass is 9.84. The Balaban J connectivity index is 1.99. The lowest BCUT2D eigenvalue weighted by molar-refractivity contribution is -0.152. The summed E-state index contributed by atoms with van der Waals surface area (Å²) in [4.78, 5) is 190.